The highest BCUT2D eigenvalue weighted by molar-refractivity contribution is 8.33. The van der Waals surface area contributed by atoms with Crippen molar-refractivity contribution in [3.63, 3.8) is 0 Å². The number of carbonyl (C=O) groups is 1. The van der Waals surface area contributed by atoms with E-state index in [9.17, 15) is 4.79 Å². The van der Waals surface area contributed by atoms with Crippen LogP contribution in [0.25, 0.3) is 0 Å². The maximum Gasteiger partial charge on any atom is 0.314 e. The molecule has 0 aromatic carbocycles. The largest absolute Gasteiger partial charge is 0.481 e. The average Bonchev–Trinajstić information content (AvgIpc) is 2.36. The van der Waals surface area contributed by atoms with Gasteiger partial charge in [0.15, 0.2) is 0 Å². The molecule has 0 aromatic heterocycles. The molecular weight excluding hydrogens is 182 g/mol. The molecule has 0 radical (unpaired) electrons. The van der Waals surface area contributed by atoms with Crippen LogP contribution >= 0.6 is 10.4 Å². The average molecular weight is 193 g/mol. The van der Waals surface area contributed by atoms with E-state index in [0.717, 1.165) is 0 Å². The SMILES string of the molecule is NONS1(CC(=O)O)C=CCN1. The van der Waals surface area contributed by atoms with Gasteiger partial charge in [-0.25, -0.2) is 4.94 Å². The fraction of sp³-hybridized carbons (Fsp3) is 0.400. The molecule has 1 atom stereocenters. The number of nitrogens with two attached hydrogens (primary N) is 1. The second-order valence-electron chi connectivity index (χ2n) is 2.25. The number of hydrogen-bond acceptors (Lipinski definition) is 5. The summed E-state index contributed by atoms with van der Waals surface area (Å²) in [6, 6.07) is 0. The monoisotopic (exact) mass is 193 g/mol. The van der Waals surface area contributed by atoms with Gasteiger partial charge in [-0.15, -0.1) is 4.89 Å². The van der Waals surface area contributed by atoms with Gasteiger partial charge in [0.25, 0.3) is 0 Å². The Kier molecular flexibility index (Phi) is 3.06. The van der Waals surface area contributed by atoms with E-state index in [4.69, 9.17) is 11.0 Å². The summed E-state index contributed by atoms with van der Waals surface area (Å²) in [5.41, 5.74) is 0. The van der Waals surface area contributed by atoms with Crippen LogP contribution in [0.1, 0.15) is 0 Å². The zero-order valence-electron chi connectivity index (χ0n) is 6.32. The second-order valence-corrected chi connectivity index (χ2v) is 4.86. The second kappa shape index (κ2) is 3.87. The van der Waals surface area contributed by atoms with Crippen LogP contribution in [0.2, 0.25) is 0 Å². The molecule has 1 aliphatic heterocycles. The summed E-state index contributed by atoms with van der Waals surface area (Å²) in [5.74, 6) is 3.88. The minimum Gasteiger partial charge on any atom is -0.481 e. The van der Waals surface area contributed by atoms with Crippen molar-refractivity contribution in [2.45, 2.75) is 0 Å². The van der Waals surface area contributed by atoms with Crippen LogP contribution in [0.5, 0.6) is 0 Å². The van der Waals surface area contributed by atoms with Gasteiger partial charge >= 0.3 is 5.97 Å². The Morgan fingerprint density at radius 2 is 2.67 bits per heavy atom. The van der Waals surface area contributed by atoms with Crippen molar-refractivity contribution >= 4 is 16.4 Å². The fourth-order valence-electron chi connectivity index (χ4n) is 0.924. The van der Waals surface area contributed by atoms with Gasteiger partial charge in [-0.3, -0.25) is 9.52 Å². The molecule has 0 saturated heterocycles. The summed E-state index contributed by atoms with van der Waals surface area (Å²) in [6.45, 7) is 0.638. The summed E-state index contributed by atoms with van der Waals surface area (Å²) in [5, 5.41) is 10.3. The molecule has 7 heteroatoms. The van der Waals surface area contributed by atoms with E-state index < -0.39 is 16.4 Å². The first-order chi connectivity index (χ1) is 5.68. The van der Waals surface area contributed by atoms with E-state index in [2.05, 4.69) is 14.5 Å². The number of hydrogen-bond donors (Lipinski definition) is 4. The molecule has 1 rings (SSSR count). The first-order valence-corrected chi connectivity index (χ1v) is 5.11. The van der Waals surface area contributed by atoms with Gasteiger partial charge in [-0.2, -0.15) is 5.90 Å². The molecule has 0 fully saturated rings. The molecule has 1 aliphatic rings. The number of nitrogens with one attached hydrogen (secondary N) is 2. The highest BCUT2D eigenvalue weighted by atomic mass is 32.3. The first kappa shape index (κ1) is 9.49. The molecule has 6 nitrogen and oxygen atoms in total. The van der Waals surface area contributed by atoms with Crippen LogP contribution in [0.15, 0.2) is 11.5 Å². The Hall–Kier alpha value is -0.600. The first-order valence-electron chi connectivity index (χ1n) is 3.25. The third kappa shape index (κ3) is 2.19. The summed E-state index contributed by atoms with van der Waals surface area (Å²) in [4.78, 5) is 17.2. The van der Waals surface area contributed by atoms with Crippen molar-refractivity contribution in [3.8, 4) is 0 Å². The summed E-state index contributed by atoms with van der Waals surface area (Å²) < 4.78 is 2.98. The normalized spacial score (nSPS) is 33.1. The maximum atomic E-state index is 10.4. The van der Waals surface area contributed by atoms with Gasteiger partial charge < -0.3 is 5.11 Å². The van der Waals surface area contributed by atoms with Crippen LogP contribution in [-0.4, -0.2) is 23.4 Å². The molecular formula is C5H11N3O3S. The van der Waals surface area contributed by atoms with E-state index in [1.807, 2.05) is 6.08 Å². The Balaban J connectivity index is 2.59. The number of rotatable bonds is 4. The quantitative estimate of drug-likeness (QED) is 0.437. The van der Waals surface area contributed by atoms with Crippen LogP contribution in [0.3, 0.4) is 0 Å². The summed E-state index contributed by atoms with van der Waals surface area (Å²) in [6.07, 6.45) is 1.84. The molecule has 12 heavy (non-hydrogen) atoms. The zero-order valence-corrected chi connectivity index (χ0v) is 7.13. The van der Waals surface area contributed by atoms with Gasteiger partial charge in [0, 0.05) is 6.54 Å². The Morgan fingerprint density at radius 1 is 1.92 bits per heavy atom. The van der Waals surface area contributed by atoms with E-state index in [0.29, 0.717) is 6.54 Å². The van der Waals surface area contributed by atoms with Crippen molar-refractivity contribution in [3.05, 3.63) is 11.5 Å². The molecule has 1 unspecified atom stereocenters. The molecule has 0 aromatic rings. The van der Waals surface area contributed by atoms with Crippen molar-refractivity contribution in [2.75, 3.05) is 12.3 Å². The fourth-order valence-corrected chi connectivity index (χ4v) is 2.77. The lowest BCUT2D eigenvalue weighted by atomic mass is 10.7. The van der Waals surface area contributed by atoms with Gasteiger partial charge in [-0.05, 0) is 5.41 Å². The standard InChI is InChI=1S/C5H11N3O3S/c6-11-8-12(4-5(9)10)3-1-2-7-12/h1,3,7-8H,2,4,6H2,(H,9,10). The molecule has 0 amide bonds. The predicted octanol–water partition coefficient (Wildman–Crippen LogP) is -0.783. The smallest absolute Gasteiger partial charge is 0.314 e. The Morgan fingerprint density at radius 3 is 3.08 bits per heavy atom. The third-order valence-electron chi connectivity index (χ3n) is 1.34. The van der Waals surface area contributed by atoms with Crippen LogP contribution in [-0.2, 0) is 9.73 Å². The van der Waals surface area contributed by atoms with Gasteiger partial charge in [0.2, 0.25) is 0 Å². The van der Waals surface area contributed by atoms with E-state index in [1.165, 1.54) is 0 Å². The third-order valence-corrected chi connectivity index (χ3v) is 3.77. The van der Waals surface area contributed by atoms with E-state index >= 15 is 0 Å². The predicted molar refractivity (Wildman–Crippen MR) is 45.6 cm³/mol. The molecule has 0 aliphatic carbocycles. The zero-order chi connectivity index (χ0) is 9.03. The summed E-state index contributed by atoms with van der Waals surface area (Å²) >= 11 is 0. The van der Waals surface area contributed by atoms with Crippen LogP contribution in [0, 0.1) is 0 Å². The molecule has 70 valence electrons. The van der Waals surface area contributed by atoms with Crippen molar-refractivity contribution < 1.29 is 14.8 Å². The lowest BCUT2D eigenvalue weighted by molar-refractivity contribution is -0.134. The molecule has 0 saturated carbocycles. The van der Waals surface area contributed by atoms with Crippen LogP contribution in [0.4, 0.5) is 0 Å². The molecule has 1 heterocycles. The number of carboxylic acids is 1. The minimum absolute atomic E-state index is 0.0410. The molecule has 0 bridgehead atoms. The van der Waals surface area contributed by atoms with E-state index in [1.54, 1.807) is 5.41 Å². The Labute approximate surface area is 71.3 Å². The molecule has 0 spiro atoms. The lowest BCUT2D eigenvalue weighted by Crippen LogP contribution is -2.34. The molecule has 5 N–H and O–H groups in total. The van der Waals surface area contributed by atoms with Crippen LogP contribution < -0.4 is 15.5 Å². The van der Waals surface area contributed by atoms with Gasteiger partial charge in [-0.1, -0.05) is 16.5 Å². The highest BCUT2D eigenvalue weighted by Crippen LogP contribution is 2.42. The van der Waals surface area contributed by atoms with E-state index in [-0.39, 0.29) is 5.75 Å². The van der Waals surface area contributed by atoms with Crippen molar-refractivity contribution in [1.29, 1.82) is 0 Å². The Bertz CT molecular complexity index is 210. The van der Waals surface area contributed by atoms with Crippen molar-refractivity contribution in [2.24, 2.45) is 5.90 Å². The summed E-state index contributed by atoms with van der Waals surface area (Å²) in [7, 11) is -1.74. The lowest BCUT2D eigenvalue weighted by Gasteiger charge is -2.31. The maximum absolute atomic E-state index is 10.4. The minimum atomic E-state index is -1.74. The van der Waals surface area contributed by atoms with Gasteiger partial charge in [0.05, 0.1) is 0 Å². The van der Waals surface area contributed by atoms with Gasteiger partial charge in [0.1, 0.15) is 5.75 Å². The number of aliphatic carboxylic acids is 1. The van der Waals surface area contributed by atoms with Crippen molar-refractivity contribution in [1.82, 2.24) is 9.61 Å². The topological polar surface area (TPSA) is 96.6 Å². The highest BCUT2D eigenvalue weighted by Gasteiger charge is 2.26. The number of carboxylic acid groups (broad SMARTS) is 1.